The van der Waals surface area contributed by atoms with Gasteiger partial charge >= 0.3 is 11.9 Å². The van der Waals surface area contributed by atoms with Crippen molar-refractivity contribution in [1.82, 2.24) is 15.2 Å². The smallest absolute Gasteiger partial charge is 0.352 e. The van der Waals surface area contributed by atoms with Crippen LogP contribution in [0.25, 0.3) is 0 Å². The van der Waals surface area contributed by atoms with Crippen LogP contribution in [0.1, 0.15) is 12.6 Å². The van der Waals surface area contributed by atoms with Crippen LogP contribution >= 0.6 is 23.1 Å². The normalized spacial score (nSPS) is 19.6. The van der Waals surface area contributed by atoms with E-state index >= 15 is 0 Å². The molecular formula is C20H19N5O7S2. The van der Waals surface area contributed by atoms with Crippen LogP contribution in [0, 0.1) is 11.8 Å². The van der Waals surface area contributed by atoms with Gasteiger partial charge in [0.15, 0.2) is 10.8 Å². The molecule has 2 amide bonds. The van der Waals surface area contributed by atoms with Crippen LogP contribution < -0.4 is 11.1 Å². The van der Waals surface area contributed by atoms with Crippen LogP contribution in [0.5, 0.6) is 0 Å². The second-order valence-corrected chi connectivity index (χ2v) is 8.62. The lowest BCUT2D eigenvalue weighted by Gasteiger charge is -2.49. The summed E-state index contributed by atoms with van der Waals surface area (Å²) in [7, 11) is 1.16. The molecule has 0 saturated carbocycles. The number of nitrogens with zero attached hydrogens (tertiary/aromatic N) is 3. The van der Waals surface area contributed by atoms with Gasteiger partial charge in [-0.2, -0.15) is 0 Å². The number of carboxylic acid groups (broad SMARTS) is 1. The highest BCUT2D eigenvalue weighted by Gasteiger charge is 2.54. The Labute approximate surface area is 201 Å². The van der Waals surface area contributed by atoms with Crippen molar-refractivity contribution in [1.29, 1.82) is 0 Å². The van der Waals surface area contributed by atoms with E-state index in [-0.39, 0.29) is 22.2 Å². The quantitative estimate of drug-likeness (QED) is 0.143. The largest absolute Gasteiger partial charge is 0.477 e. The number of rotatable bonds is 8. The van der Waals surface area contributed by atoms with Crippen molar-refractivity contribution >= 4 is 57.7 Å². The van der Waals surface area contributed by atoms with Gasteiger partial charge in [0.05, 0.1) is 7.11 Å². The van der Waals surface area contributed by atoms with Gasteiger partial charge in [0.2, 0.25) is 6.61 Å². The number of hydrogen-bond donors (Lipinski definition) is 3. The van der Waals surface area contributed by atoms with Crippen LogP contribution in [0.4, 0.5) is 5.13 Å². The zero-order valence-electron chi connectivity index (χ0n) is 17.9. The molecule has 3 heterocycles. The van der Waals surface area contributed by atoms with E-state index in [4.69, 9.17) is 10.6 Å². The molecule has 4 N–H and O–H groups in total. The highest BCUT2D eigenvalue weighted by molar-refractivity contribution is 8.00. The topological polar surface area (TPSA) is 174 Å². The van der Waals surface area contributed by atoms with E-state index in [9.17, 15) is 24.3 Å². The summed E-state index contributed by atoms with van der Waals surface area (Å²) in [6.45, 7) is 1.10. The molecule has 0 aromatic carbocycles. The lowest BCUT2D eigenvalue weighted by molar-refractivity contribution is -0.150. The molecule has 0 radical (unpaired) electrons. The van der Waals surface area contributed by atoms with E-state index in [1.165, 1.54) is 23.2 Å². The van der Waals surface area contributed by atoms with E-state index in [0.29, 0.717) is 11.3 Å². The summed E-state index contributed by atoms with van der Waals surface area (Å²) < 4.78 is 4.45. The van der Waals surface area contributed by atoms with E-state index < -0.39 is 41.8 Å². The Bertz CT molecular complexity index is 1180. The van der Waals surface area contributed by atoms with E-state index in [1.807, 2.05) is 0 Å². The number of aliphatic carboxylic acids is 1. The maximum Gasteiger partial charge on any atom is 0.352 e. The fraction of sp³-hybridized carbons (Fsp3) is 0.300. The molecule has 0 aliphatic carbocycles. The molecule has 0 spiro atoms. The van der Waals surface area contributed by atoms with Gasteiger partial charge in [-0.1, -0.05) is 11.1 Å². The Morgan fingerprint density at radius 1 is 1.47 bits per heavy atom. The van der Waals surface area contributed by atoms with Gasteiger partial charge in [0, 0.05) is 11.1 Å². The van der Waals surface area contributed by atoms with Crippen LogP contribution in [0.2, 0.25) is 0 Å². The SMILES string of the molecule is CC#C/C=C/C1=C(C(=O)O)N2C(=O)[C@@H](NC(=O)/C(=N\OCC(=O)OC)c3csc(N)n3)[C@H]2SC1. The fourth-order valence-corrected chi connectivity index (χ4v) is 4.88. The number of oxime groups is 1. The number of carbonyl (C=O) groups is 4. The first-order chi connectivity index (χ1) is 16.3. The Kier molecular flexibility index (Phi) is 7.92. The first-order valence-electron chi connectivity index (χ1n) is 9.57. The number of anilines is 1. The third kappa shape index (κ3) is 5.21. The van der Waals surface area contributed by atoms with Crippen molar-refractivity contribution in [3.05, 3.63) is 34.5 Å². The molecule has 178 valence electrons. The van der Waals surface area contributed by atoms with Gasteiger partial charge < -0.3 is 25.7 Å². The highest BCUT2D eigenvalue weighted by Crippen LogP contribution is 2.40. The second kappa shape index (κ2) is 10.9. The van der Waals surface area contributed by atoms with Crippen LogP contribution in [-0.4, -0.2) is 75.3 Å². The lowest BCUT2D eigenvalue weighted by Crippen LogP contribution is -2.71. The Hall–Kier alpha value is -3.83. The van der Waals surface area contributed by atoms with Crippen molar-refractivity contribution in [3.8, 4) is 11.8 Å². The minimum atomic E-state index is -1.26. The van der Waals surface area contributed by atoms with Crippen molar-refractivity contribution in [2.75, 3.05) is 25.2 Å². The summed E-state index contributed by atoms with van der Waals surface area (Å²) in [5, 5.41) is 16.9. The Balaban J connectivity index is 1.79. The maximum atomic E-state index is 12.9. The summed E-state index contributed by atoms with van der Waals surface area (Å²) in [5.41, 5.74) is 5.69. The van der Waals surface area contributed by atoms with E-state index in [0.717, 1.165) is 23.3 Å². The molecule has 14 heteroatoms. The predicted octanol–water partition coefficient (Wildman–Crippen LogP) is -0.0629. The molecule has 12 nitrogen and oxygen atoms in total. The first kappa shape index (κ1) is 24.8. The number of amides is 2. The molecule has 1 aromatic rings. The number of nitrogens with two attached hydrogens (primary N) is 1. The number of ether oxygens (including phenoxy) is 1. The lowest BCUT2D eigenvalue weighted by atomic mass is 10.0. The van der Waals surface area contributed by atoms with Crippen molar-refractivity contribution in [2.24, 2.45) is 5.16 Å². The molecule has 1 fully saturated rings. The molecule has 34 heavy (non-hydrogen) atoms. The molecule has 0 unspecified atom stereocenters. The number of thiazole rings is 1. The number of nitrogens with one attached hydrogen (secondary N) is 1. The molecule has 3 rings (SSSR count). The summed E-state index contributed by atoms with van der Waals surface area (Å²) in [6, 6.07) is -1.00. The number of carbonyl (C=O) groups excluding carboxylic acids is 3. The van der Waals surface area contributed by atoms with Gasteiger partial charge in [0.25, 0.3) is 11.8 Å². The zero-order valence-corrected chi connectivity index (χ0v) is 19.6. The predicted molar refractivity (Wildman–Crippen MR) is 123 cm³/mol. The second-order valence-electron chi connectivity index (χ2n) is 6.63. The standard InChI is InChI=1S/C20H19N5O7S2/c1-3-4-5-6-10-8-33-18-14(17(28)25(18)15(10)19(29)30)23-16(27)13(11-9-34-20(21)22-11)24-32-7-12(26)31-2/h5-6,9,14,18H,7-8H2,1-2H3,(H2,21,22)(H,23,27)(H,29,30)/b6-5+,24-13-/t14-,18-/m1/s1. The summed E-state index contributed by atoms with van der Waals surface area (Å²) in [5.74, 6) is 2.30. The molecule has 2 atom stereocenters. The Morgan fingerprint density at radius 3 is 2.85 bits per heavy atom. The third-order valence-electron chi connectivity index (χ3n) is 4.54. The van der Waals surface area contributed by atoms with Gasteiger partial charge in [-0.3, -0.25) is 14.5 Å². The minimum Gasteiger partial charge on any atom is -0.477 e. The Morgan fingerprint density at radius 2 is 2.24 bits per heavy atom. The van der Waals surface area contributed by atoms with Gasteiger partial charge in [-0.05, 0) is 24.6 Å². The molecule has 1 saturated heterocycles. The number of aromatic nitrogens is 1. The van der Waals surface area contributed by atoms with Crippen LogP contribution in [0.15, 0.2) is 34.0 Å². The molecule has 1 aromatic heterocycles. The zero-order chi connectivity index (χ0) is 24.8. The molecular weight excluding hydrogens is 486 g/mol. The summed E-state index contributed by atoms with van der Waals surface area (Å²) in [6.07, 6.45) is 3.07. The number of nitrogen functional groups attached to an aromatic ring is 1. The van der Waals surface area contributed by atoms with Crippen molar-refractivity contribution < 1.29 is 33.9 Å². The van der Waals surface area contributed by atoms with E-state index in [1.54, 1.807) is 13.0 Å². The van der Waals surface area contributed by atoms with Crippen molar-refractivity contribution in [2.45, 2.75) is 18.3 Å². The number of methoxy groups -OCH3 is 1. The number of allylic oxidation sites excluding steroid dienone is 2. The van der Waals surface area contributed by atoms with Gasteiger partial charge in [-0.25, -0.2) is 14.6 Å². The van der Waals surface area contributed by atoms with Gasteiger partial charge in [-0.15, -0.1) is 29.0 Å². The number of esters is 1. The van der Waals surface area contributed by atoms with Crippen molar-refractivity contribution in [3.63, 3.8) is 0 Å². The summed E-state index contributed by atoms with van der Waals surface area (Å²) >= 11 is 2.35. The number of carboxylic acids is 1. The van der Waals surface area contributed by atoms with Crippen LogP contribution in [0.3, 0.4) is 0 Å². The highest BCUT2D eigenvalue weighted by atomic mass is 32.2. The van der Waals surface area contributed by atoms with Crippen LogP contribution in [-0.2, 0) is 28.8 Å². The molecule has 2 aliphatic heterocycles. The summed E-state index contributed by atoms with van der Waals surface area (Å²) in [4.78, 5) is 58.8. The fourth-order valence-electron chi connectivity index (χ4n) is 3.02. The number of thioether (sulfide) groups is 1. The minimum absolute atomic E-state index is 0.0837. The average molecular weight is 506 g/mol. The number of hydrogen-bond acceptors (Lipinski definition) is 11. The molecule has 2 aliphatic rings. The maximum absolute atomic E-state index is 12.9. The first-order valence-corrected chi connectivity index (χ1v) is 11.5. The number of fused-ring (bicyclic) bond motifs is 1. The molecule has 0 bridgehead atoms. The monoisotopic (exact) mass is 505 g/mol. The third-order valence-corrected chi connectivity index (χ3v) is 6.52. The van der Waals surface area contributed by atoms with E-state index in [2.05, 4.69) is 32.0 Å². The number of β-lactam (4-membered cyclic amide) rings is 1. The van der Waals surface area contributed by atoms with Gasteiger partial charge in [0.1, 0.15) is 22.8 Å². The average Bonchev–Trinajstić information content (AvgIpc) is 3.25.